The van der Waals surface area contributed by atoms with Crippen LogP contribution in [0.1, 0.15) is 11.1 Å². The highest BCUT2D eigenvalue weighted by atomic mass is 35.5. The first-order valence-electron chi connectivity index (χ1n) is 17.2. The van der Waals surface area contributed by atoms with E-state index in [-0.39, 0.29) is 56.3 Å². The van der Waals surface area contributed by atoms with E-state index in [2.05, 4.69) is 15.6 Å². The number of piperazine rings is 1. The Bertz CT molecular complexity index is 2000. The van der Waals surface area contributed by atoms with Gasteiger partial charge in [-0.1, -0.05) is 53.8 Å². The summed E-state index contributed by atoms with van der Waals surface area (Å²) in [7, 11) is 3.80. The summed E-state index contributed by atoms with van der Waals surface area (Å²) in [6.07, 6.45) is 4.05. The number of ether oxygens (including phenoxy) is 1. The third kappa shape index (κ3) is 8.88. The Balaban J connectivity index is 1.25. The smallest absolute Gasteiger partial charge is 0.410 e. The van der Waals surface area contributed by atoms with Crippen LogP contribution in [0, 0.1) is 11.3 Å². The number of para-hydroxylation sites is 1. The molecule has 3 aromatic rings. The molecule has 4 N–H and O–H groups in total. The molecule has 54 heavy (non-hydrogen) atoms. The van der Waals surface area contributed by atoms with Crippen molar-refractivity contribution < 1.29 is 23.9 Å². The normalized spacial score (nSPS) is 21.2. The minimum atomic E-state index is -0.948. The summed E-state index contributed by atoms with van der Waals surface area (Å²) >= 11 is 13.8. The Hall–Kier alpha value is -4.92. The SMILES string of the molecule is CN(C)CCNC(=O)Oc1ccc(C[C@H]2C(=O)N(Cc3cccc4sc(N)nc34)C[C@H]3N2C(=O)CN3N(CC#N)C(=O)NCC2=CC(Cl)C(Cl)C=C2)cc1. The molecule has 284 valence electrons. The van der Waals surface area contributed by atoms with E-state index < -0.39 is 29.7 Å². The number of allylic oxidation sites excluding steroid dienone is 2. The molecule has 2 aliphatic heterocycles. The molecule has 2 aromatic carbocycles. The summed E-state index contributed by atoms with van der Waals surface area (Å²) in [4.78, 5) is 63.8. The fraction of sp³-hybridized carbons (Fsp3) is 0.389. The summed E-state index contributed by atoms with van der Waals surface area (Å²) in [6.45, 7) is 0.839. The van der Waals surface area contributed by atoms with Gasteiger partial charge in [-0.15, -0.1) is 23.2 Å². The van der Waals surface area contributed by atoms with Gasteiger partial charge in [0.1, 0.15) is 24.5 Å². The second-order valence-electron chi connectivity index (χ2n) is 13.3. The maximum Gasteiger partial charge on any atom is 0.412 e. The van der Waals surface area contributed by atoms with Gasteiger partial charge in [0, 0.05) is 32.6 Å². The molecule has 0 spiro atoms. The van der Waals surface area contributed by atoms with Gasteiger partial charge in [-0.3, -0.25) is 9.59 Å². The fourth-order valence-corrected chi connectivity index (χ4v) is 7.77. The number of fused-ring (bicyclic) bond motifs is 2. The molecule has 5 amide bonds. The number of aromatic nitrogens is 1. The minimum Gasteiger partial charge on any atom is -0.410 e. The fourth-order valence-electron chi connectivity index (χ4n) is 6.59. The molecule has 18 heteroatoms. The molecule has 0 bridgehead atoms. The summed E-state index contributed by atoms with van der Waals surface area (Å²) in [5, 5.41) is 17.7. The number of nitrogens with zero attached hydrogens (tertiary/aromatic N) is 7. The quantitative estimate of drug-likeness (QED) is 0.182. The van der Waals surface area contributed by atoms with Crippen LogP contribution >= 0.6 is 34.5 Å². The number of nitriles is 1. The van der Waals surface area contributed by atoms with Crippen LogP contribution in [-0.4, -0.2) is 130 Å². The van der Waals surface area contributed by atoms with Gasteiger partial charge in [-0.05, 0) is 49.0 Å². The molecular weight excluding hydrogens is 755 g/mol. The topological polar surface area (TPSA) is 180 Å². The van der Waals surface area contributed by atoms with Gasteiger partial charge in [0.25, 0.3) is 0 Å². The van der Waals surface area contributed by atoms with Crippen molar-refractivity contribution >= 4 is 73.8 Å². The van der Waals surface area contributed by atoms with Crippen LogP contribution in [0.15, 0.2) is 66.3 Å². The van der Waals surface area contributed by atoms with Crippen LogP contribution in [-0.2, 0) is 22.6 Å². The van der Waals surface area contributed by atoms with Crippen LogP contribution in [0.3, 0.4) is 0 Å². The number of nitrogens with one attached hydrogen (secondary N) is 2. The number of carbonyl (C=O) groups excluding carboxylic acids is 4. The number of nitrogen functional groups attached to an aromatic ring is 1. The monoisotopic (exact) mass is 794 g/mol. The molecule has 6 rings (SSSR count). The second kappa shape index (κ2) is 17.0. The van der Waals surface area contributed by atoms with Crippen LogP contribution < -0.4 is 21.1 Å². The van der Waals surface area contributed by atoms with Gasteiger partial charge < -0.3 is 35.8 Å². The van der Waals surface area contributed by atoms with Crippen LogP contribution in [0.2, 0.25) is 0 Å². The average Bonchev–Trinajstić information content (AvgIpc) is 3.68. The van der Waals surface area contributed by atoms with Gasteiger partial charge in [0.05, 0.1) is 40.1 Å². The Labute approximate surface area is 326 Å². The van der Waals surface area contributed by atoms with Crippen molar-refractivity contribution in [3.05, 3.63) is 77.4 Å². The molecule has 2 unspecified atom stereocenters. The number of halogens is 2. The zero-order valence-corrected chi connectivity index (χ0v) is 32.0. The van der Waals surface area contributed by atoms with Crippen LogP contribution in [0.25, 0.3) is 10.2 Å². The number of nitrogens with two attached hydrogens (primary N) is 1. The second-order valence-corrected chi connectivity index (χ2v) is 15.3. The molecule has 0 radical (unpaired) electrons. The van der Waals surface area contributed by atoms with Crippen molar-refractivity contribution in [2.45, 2.75) is 35.9 Å². The predicted molar refractivity (Wildman–Crippen MR) is 206 cm³/mol. The van der Waals surface area contributed by atoms with E-state index in [0.717, 1.165) is 15.8 Å². The number of rotatable bonds is 12. The predicted octanol–water partition coefficient (Wildman–Crippen LogP) is 3.11. The van der Waals surface area contributed by atoms with Crippen molar-refractivity contribution in [1.29, 1.82) is 5.26 Å². The summed E-state index contributed by atoms with van der Waals surface area (Å²) in [6, 6.07) is 12.9. The number of thiazole rings is 1. The van der Waals surface area contributed by atoms with Crippen molar-refractivity contribution in [2.75, 3.05) is 59.1 Å². The molecular formula is C36H40Cl2N10O5S. The number of anilines is 1. The minimum absolute atomic E-state index is 0.0565. The highest BCUT2D eigenvalue weighted by Gasteiger charge is 2.52. The van der Waals surface area contributed by atoms with Gasteiger partial charge in [0.2, 0.25) is 11.8 Å². The van der Waals surface area contributed by atoms with Crippen molar-refractivity contribution in [3.63, 3.8) is 0 Å². The van der Waals surface area contributed by atoms with Crippen molar-refractivity contribution in [2.24, 2.45) is 0 Å². The Kier molecular flexibility index (Phi) is 12.2. The van der Waals surface area contributed by atoms with E-state index in [1.165, 1.54) is 21.2 Å². The van der Waals surface area contributed by atoms with E-state index in [1.54, 1.807) is 52.4 Å². The maximum absolute atomic E-state index is 14.4. The first-order valence-corrected chi connectivity index (χ1v) is 18.9. The lowest BCUT2D eigenvalue weighted by Gasteiger charge is -2.46. The lowest BCUT2D eigenvalue weighted by molar-refractivity contribution is -0.157. The number of alkyl halides is 2. The number of likely N-dealkylation sites (N-methyl/N-ethyl adjacent to an activating group) is 1. The Morgan fingerprint density at radius 2 is 1.91 bits per heavy atom. The van der Waals surface area contributed by atoms with Crippen LogP contribution in [0.4, 0.5) is 14.7 Å². The first kappa shape index (κ1) is 38.8. The van der Waals surface area contributed by atoms with E-state index >= 15 is 0 Å². The summed E-state index contributed by atoms with van der Waals surface area (Å²) in [5.74, 6) is -0.340. The molecule has 2 saturated heterocycles. The zero-order valence-electron chi connectivity index (χ0n) is 29.7. The lowest BCUT2D eigenvalue weighted by atomic mass is 9.99. The van der Waals surface area contributed by atoms with E-state index in [0.29, 0.717) is 35.1 Å². The first-order chi connectivity index (χ1) is 25.9. The zero-order chi connectivity index (χ0) is 38.5. The summed E-state index contributed by atoms with van der Waals surface area (Å²) in [5.41, 5.74) is 8.95. The van der Waals surface area contributed by atoms with Gasteiger partial charge >= 0.3 is 12.1 Å². The van der Waals surface area contributed by atoms with Gasteiger partial charge in [0.15, 0.2) is 5.13 Å². The van der Waals surface area contributed by atoms with Gasteiger partial charge in [-0.25, -0.2) is 19.6 Å². The molecule has 1 aromatic heterocycles. The number of hydrogen-bond acceptors (Lipinski definition) is 11. The number of hydrazine groups is 1. The average molecular weight is 796 g/mol. The van der Waals surface area contributed by atoms with Crippen molar-refractivity contribution in [3.8, 4) is 11.8 Å². The van der Waals surface area contributed by atoms with E-state index in [4.69, 9.17) is 33.7 Å². The van der Waals surface area contributed by atoms with Crippen molar-refractivity contribution in [1.82, 2.24) is 40.3 Å². The van der Waals surface area contributed by atoms with Gasteiger partial charge in [-0.2, -0.15) is 10.3 Å². The molecule has 0 saturated carbocycles. The molecule has 3 aliphatic rings. The third-order valence-corrected chi connectivity index (χ3v) is 11.0. The highest BCUT2D eigenvalue weighted by molar-refractivity contribution is 7.22. The number of benzene rings is 2. The molecule has 1 aliphatic carbocycles. The number of carbonyl (C=O) groups is 4. The standard InChI is InChI=1S/C36H40Cl2N10O5S/c1-44(2)15-13-41-36(52)53-25-9-6-22(7-10-25)17-28-33(50)45(19-24-4-3-5-29-32(24)43-34(40)54-29)20-30-47(21-31(49)48(28)30)46(14-12-39)35(51)42-18-23-8-11-26(37)27(38)16-23/h3-11,16,26-28,30H,13-15,17-21H2,1-2H3,(H2,40,43)(H,41,52)(H,42,51)/t26?,27?,28-,30+/m0/s1. The number of hydrogen-bond donors (Lipinski definition) is 3. The molecule has 2 fully saturated rings. The number of urea groups is 1. The largest absolute Gasteiger partial charge is 0.412 e. The highest BCUT2D eigenvalue weighted by Crippen LogP contribution is 2.33. The molecule has 15 nitrogen and oxygen atoms in total. The summed E-state index contributed by atoms with van der Waals surface area (Å²) < 4.78 is 6.28. The van der Waals surface area contributed by atoms with E-state index in [9.17, 15) is 24.4 Å². The van der Waals surface area contributed by atoms with E-state index in [1.807, 2.05) is 43.3 Å². The Morgan fingerprint density at radius 3 is 2.63 bits per heavy atom. The maximum atomic E-state index is 14.4. The molecule has 3 heterocycles. The third-order valence-electron chi connectivity index (χ3n) is 9.22. The Morgan fingerprint density at radius 1 is 1.13 bits per heavy atom. The van der Waals surface area contributed by atoms with Crippen LogP contribution in [0.5, 0.6) is 5.75 Å². The lowest BCUT2D eigenvalue weighted by Crippen LogP contribution is -2.66. The number of amides is 5. The molecule has 4 atom stereocenters.